The number of carboxylic acid groups (broad SMARTS) is 1. The highest BCUT2D eigenvalue weighted by atomic mass is 35.5. The summed E-state index contributed by atoms with van der Waals surface area (Å²) >= 11 is 7.45. The van der Waals surface area contributed by atoms with Crippen molar-refractivity contribution in [2.45, 2.75) is 31.1 Å². The molecule has 0 saturated carbocycles. The number of amides is 1. The van der Waals surface area contributed by atoms with Crippen molar-refractivity contribution in [3.8, 4) is 0 Å². The number of aliphatic carboxylic acids is 1. The van der Waals surface area contributed by atoms with E-state index in [0.29, 0.717) is 15.9 Å². The van der Waals surface area contributed by atoms with Crippen LogP contribution in [0, 0.1) is 6.92 Å². The molecule has 0 bridgehead atoms. The molecule has 0 radical (unpaired) electrons. The molecule has 1 aromatic carbocycles. The normalized spacial score (nSPS) is 25.5. The molecular formula is C16H17ClN2O5S2. The zero-order valence-electron chi connectivity index (χ0n) is 13.9. The summed E-state index contributed by atoms with van der Waals surface area (Å²) in [6, 6.07) is 4.98. The van der Waals surface area contributed by atoms with Gasteiger partial charge in [-0.15, -0.1) is 0 Å². The predicted molar refractivity (Wildman–Crippen MR) is 102 cm³/mol. The minimum atomic E-state index is -3.16. The molecule has 26 heavy (non-hydrogen) atoms. The minimum Gasteiger partial charge on any atom is -0.481 e. The molecule has 140 valence electrons. The van der Waals surface area contributed by atoms with Crippen LogP contribution in [0.1, 0.15) is 18.4 Å². The van der Waals surface area contributed by atoms with Gasteiger partial charge in [-0.1, -0.05) is 29.4 Å². The van der Waals surface area contributed by atoms with E-state index in [1.807, 2.05) is 13.0 Å². The second-order valence-electron chi connectivity index (χ2n) is 6.24. The Labute approximate surface area is 160 Å². The van der Waals surface area contributed by atoms with Crippen molar-refractivity contribution < 1.29 is 23.1 Å². The van der Waals surface area contributed by atoms with E-state index in [9.17, 15) is 18.0 Å². The number of thioether (sulfide) groups is 1. The number of halogens is 1. The zero-order valence-corrected chi connectivity index (χ0v) is 16.3. The van der Waals surface area contributed by atoms with E-state index in [1.54, 1.807) is 17.0 Å². The van der Waals surface area contributed by atoms with Gasteiger partial charge in [-0.05, 0) is 24.6 Å². The van der Waals surface area contributed by atoms with Crippen LogP contribution in [0.2, 0.25) is 5.02 Å². The van der Waals surface area contributed by atoms with Crippen molar-refractivity contribution in [3.63, 3.8) is 0 Å². The van der Waals surface area contributed by atoms with Crippen LogP contribution < -0.4 is 4.90 Å². The average Bonchev–Trinajstić information content (AvgIpc) is 2.99. The molecule has 0 aromatic heterocycles. The average molecular weight is 417 g/mol. The Morgan fingerprint density at radius 2 is 2.08 bits per heavy atom. The summed E-state index contributed by atoms with van der Waals surface area (Å²) in [7, 11) is -3.16. The summed E-state index contributed by atoms with van der Waals surface area (Å²) in [5.41, 5.74) is 1.48. The highest BCUT2D eigenvalue weighted by molar-refractivity contribution is 8.16. The Balaban J connectivity index is 1.97. The summed E-state index contributed by atoms with van der Waals surface area (Å²) in [5.74, 6) is -1.59. The van der Waals surface area contributed by atoms with Crippen molar-refractivity contribution in [1.29, 1.82) is 0 Å². The summed E-state index contributed by atoms with van der Waals surface area (Å²) in [4.78, 5) is 28.5. The Kier molecular flexibility index (Phi) is 5.32. The van der Waals surface area contributed by atoms with Crippen molar-refractivity contribution in [3.05, 3.63) is 28.8 Å². The molecular weight excluding hydrogens is 400 g/mol. The van der Waals surface area contributed by atoms with E-state index in [1.165, 1.54) is 11.8 Å². The molecule has 2 saturated heterocycles. The van der Waals surface area contributed by atoms with Gasteiger partial charge in [0.05, 0.1) is 24.0 Å². The number of aliphatic imine (C=N–C) groups is 1. The van der Waals surface area contributed by atoms with Crippen molar-refractivity contribution in [2.75, 3.05) is 16.4 Å². The topological polar surface area (TPSA) is 104 Å². The molecule has 0 aliphatic carbocycles. The molecule has 1 amide bonds. The number of hydrogen-bond donors (Lipinski definition) is 1. The van der Waals surface area contributed by atoms with Gasteiger partial charge in [-0.3, -0.25) is 9.59 Å². The summed E-state index contributed by atoms with van der Waals surface area (Å²) in [5, 5.41) is 9.43. The first-order valence-electron chi connectivity index (χ1n) is 7.92. The Hall–Kier alpha value is -1.58. The smallest absolute Gasteiger partial charge is 0.303 e. The van der Waals surface area contributed by atoms with Crippen molar-refractivity contribution >= 4 is 55.9 Å². The molecule has 0 spiro atoms. The first-order chi connectivity index (χ1) is 12.2. The molecule has 1 N–H and O–H groups in total. The van der Waals surface area contributed by atoms with Gasteiger partial charge in [0.25, 0.3) is 0 Å². The third-order valence-electron chi connectivity index (χ3n) is 4.34. The molecule has 2 fully saturated rings. The van der Waals surface area contributed by atoms with Gasteiger partial charge in [-0.25, -0.2) is 8.42 Å². The molecule has 10 heteroatoms. The first kappa shape index (κ1) is 19.2. The Morgan fingerprint density at radius 1 is 1.35 bits per heavy atom. The van der Waals surface area contributed by atoms with Crippen LogP contribution in [0.3, 0.4) is 0 Å². The summed E-state index contributed by atoms with van der Waals surface area (Å²) in [6.45, 7) is 1.82. The van der Waals surface area contributed by atoms with E-state index >= 15 is 0 Å². The minimum absolute atomic E-state index is 0.0149. The SMILES string of the molecule is Cc1c(Cl)cccc1N1C(=NC(=O)CCC(=O)O)S[C@H]2CS(=O)(=O)C[C@@H]21. The van der Waals surface area contributed by atoms with Gasteiger partial charge < -0.3 is 10.0 Å². The van der Waals surface area contributed by atoms with Gasteiger partial charge in [0.1, 0.15) is 0 Å². The second-order valence-corrected chi connectivity index (χ2v) is 10.0. The number of carboxylic acids is 1. The number of benzene rings is 1. The highest BCUT2D eigenvalue weighted by Gasteiger charge is 2.49. The van der Waals surface area contributed by atoms with Gasteiger partial charge in [0.15, 0.2) is 15.0 Å². The van der Waals surface area contributed by atoms with Gasteiger partial charge in [0.2, 0.25) is 5.91 Å². The van der Waals surface area contributed by atoms with Crippen molar-refractivity contribution in [2.24, 2.45) is 4.99 Å². The lowest BCUT2D eigenvalue weighted by atomic mass is 10.1. The first-order valence-corrected chi connectivity index (χ1v) is 11.0. The fourth-order valence-corrected chi connectivity index (χ4v) is 7.17. The standard InChI is InChI=1S/C16H17ClN2O5S2/c1-9-10(17)3-2-4-11(9)19-12-7-26(23,24)8-13(12)25-16(19)18-14(20)5-6-15(21)22/h2-4,12-13H,5-8H2,1H3,(H,21,22)/t12-,13-/m0/s1. The third-order valence-corrected chi connectivity index (χ3v) is 7.96. The van der Waals surface area contributed by atoms with Gasteiger partial charge in [0, 0.05) is 22.4 Å². The molecule has 2 heterocycles. The largest absolute Gasteiger partial charge is 0.481 e. The fraction of sp³-hybridized carbons (Fsp3) is 0.438. The second kappa shape index (κ2) is 7.21. The maximum Gasteiger partial charge on any atom is 0.303 e. The quantitative estimate of drug-likeness (QED) is 0.801. The van der Waals surface area contributed by atoms with Gasteiger partial charge >= 0.3 is 5.97 Å². The van der Waals surface area contributed by atoms with Crippen LogP contribution in [0.25, 0.3) is 0 Å². The molecule has 7 nitrogen and oxygen atoms in total. The van der Waals surface area contributed by atoms with Crippen LogP contribution in [-0.2, 0) is 19.4 Å². The van der Waals surface area contributed by atoms with E-state index < -0.39 is 21.7 Å². The number of sulfone groups is 1. The number of anilines is 1. The number of rotatable bonds is 4. The van der Waals surface area contributed by atoms with E-state index in [4.69, 9.17) is 16.7 Å². The number of carbonyl (C=O) groups is 2. The summed E-state index contributed by atoms with van der Waals surface area (Å²) < 4.78 is 24.1. The monoisotopic (exact) mass is 416 g/mol. The molecule has 1 aromatic rings. The van der Waals surface area contributed by atoms with E-state index in [2.05, 4.69) is 4.99 Å². The van der Waals surface area contributed by atoms with Crippen LogP contribution in [-0.4, -0.2) is 53.4 Å². The molecule has 2 aliphatic heterocycles. The third kappa shape index (κ3) is 3.89. The summed E-state index contributed by atoms with van der Waals surface area (Å²) in [6.07, 6.45) is -0.493. The number of fused-ring (bicyclic) bond motifs is 1. The van der Waals surface area contributed by atoms with Crippen LogP contribution >= 0.6 is 23.4 Å². The lowest BCUT2D eigenvalue weighted by molar-refractivity contribution is -0.138. The maximum absolute atomic E-state index is 12.0. The number of nitrogens with zero attached hydrogens (tertiary/aromatic N) is 2. The van der Waals surface area contributed by atoms with Crippen LogP contribution in [0.5, 0.6) is 0 Å². The Bertz CT molecular complexity index is 900. The molecule has 2 atom stereocenters. The Morgan fingerprint density at radius 3 is 2.77 bits per heavy atom. The molecule has 3 rings (SSSR count). The predicted octanol–water partition coefficient (Wildman–Crippen LogP) is 2.11. The lowest BCUT2D eigenvalue weighted by Crippen LogP contribution is -2.38. The molecule has 0 unspecified atom stereocenters. The van der Waals surface area contributed by atoms with Gasteiger partial charge in [-0.2, -0.15) is 4.99 Å². The molecule has 2 aliphatic rings. The van der Waals surface area contributed by atoms with Crippen LogP contribution in [0.4, 0.5) is 5.69 Å². The highest BCUT2D eigenvalue weighted by Crippen LogP contribution is 2.42. The van der Waals surface area contributed by atoms with Crippen LogP contribution in [0.15, 0.2) is 23.2 Å². The van der Waals surface area contributed by atoms with E-state index in [-0.39, 0.29) is 35.6 Å². The maximum atomic E-state index is 12.0. The number of amidine groups is 1. The number of carbonyl (C=O) groups excluding carboxylic acids is 1. The van der Waals surface area contributed by atoms with E-state index in [0.717, 1.165) is 5.56 Å². The zero-order chi connectivity index (χ0) is 19.1. The fourth-order valence-electron chi connectivity index (χ4n) is 3.08. The number of hydrogen-bond acceptors (Lipinski definition) is 5. The van der Waals surface area contributed by atoms with Crippen molar-refractivity contribution in [1.82, 2.24) is 0 Å². The lowest BCUT2D eigenvalue weighted by Gasteiger charge is -2.26.